The molecule has 0 saturated carbocycles. The first-order chi connectivity index (χ1) is 8.04. The van der Waals surface area contributed by atoms with Crippen molar-refractivity contribution >= 4 is 5.97 Å². The summed E-state index contributed by atoms with van der Waals surface area (Å²) in [5.74, 6) is -0.0777. The summed E-state index contributed by atoms with van der Waals surface area (Å²) < 4.78 is 5.11. The molecule has 0 spiro atoms. The van der Waals surface area contributed by atoms with Crippen molar-refractivity contribution in [3.05, 3.63) is 29.8 Å². The van der Waals surface area contributed by atoms with E-state index in [9.17, 15) is 4.79 Å². The SMILES string of the molecule is CC[C@H](C)[C@H](N)C(=O)OCc1ccc(O)cc1. The van der Waals surface area contributed by atoms with Crippen molar-refractivity contribution in [1.82, 2.24) is 0 Å². The molecule has 4 heteroatoms. The van der Waals surface area contributed by atoms with Crippen LogP contribution in [0.2, 0.25) is 0 Å². The van der Waals surface area contributed by atoms with E-state index in [0.717, 1.165) is 12.0 Å². The number of phenols is 1. The highest BCUT2D eigenvalue weighted by molar-refractivity contribution is 5.75. The smallest absolute Gasteiger partial charge is 0.323 e. The summed E-state index contributed by atoms with van der Waals surface area (Å²) in [5.41, 5.74) is 6.57. The zero-order valence-corrected chi connectivity index (χ0v) is 10.2. The lowest BCUT2D eigenvalue weighted by Gasteiger charge is -2.16. The van der Waals surface area contributed by atoms with Gasteiger partial charge in [-0.25, -0.2) is 0 Å². The third kappa shape index (κ3) is 4.07. The van der Waals surface area contributed by atoms with Gasteiger partial charge in [0.25, 0.3) is 0 Å². The summed E-state index contributed by atoms with van der Waals surface area (Å²) in [6.07, 6.45) is 0.843. The molecule has 2 atom stereocenters. The number of esters is 1. The first-order valence-corrected chi connectivity index (χ1v) is 5.74. The molecule has 0 radical (unpaired) electrons. The van der Waals surface area contributed by atoms with E-state index in [0.29, 0.717) is 0 Å². The predicted molar refractivity (Wildman–Crippen MR) is 65.3 cm³/mol. The molecule has 17 heavy (non-hydrogen) atoms. The van der Waals surface area contributed by atoms with Crippen LogP contribution in [0.5, 0.6) is 5.75 Å². The average molecular weight is 237 g/mol. The predicted octanol–water partition coefficient (Wildman–Crippen LogP) is 1.81. The standard InChI is InChI=1S/C13H19NO3/c1-3-9(2)12(14)13(16)17-8-10-4-6-11(15)7-5-10/h4-7,9,12,15H,3,8,14H2,1-2H3/t9-,12-/m0/s1. The van der Waals surface area contributed by atoms with Crippen LogP contribution >= 0.6 is 0 Å². The van der Waals surface area contributed by atoms with E-state index in [1.807, 2.05) is 13.8 Å². The second-order valence-electron chi connectivity index (χ2n) is 4.19. The Labute approximate surface area is 101 Å². The lowest BCUT2D eigenvalue weighted by Crippen LogP contribution is -2.37. The molecule has 1 aromatic rings. The van der Waals surface area contributed by atoms with Gasteiger partial charge in [-0.15, -0.1) is 0 Å². The lowest BCUT2D eigenvalue weighted by atomic mass is 10.0. The lowest BCUT2D eigenvalue weighted by molar-refractivity contribution is -0.147. The van der Waals surface area contributed by atoms with Gasteiger partial charge in [-0.1, -0.05) is 32.4 Å². The maximum absolute atomic E-state index is 11.6. The van der Waals surface area contributed by atoms with E-state index in [2.05, 4.69) is 0 Å². The van der Waals surface area contributed by atoms with E-state index in [1.165, 1.54) is 0 Å². The average Bonchev–Trinajstić information content (AvgIpc) is 2.35. The van der Waals surface area contributed by atoms with Crippen LogP contribution in [0.25, 0.3) is 0 Å². The molecular formula is C13H19NO3. The molecule has 0 aromatic heterocycles. The van der Waals surface area contributed by atoms with Gasteiger partial charge >= 0.3 is 5.97 Å². The van der Waals surface area contributed by atoms with Crippen LogP contribution in [0, 0.1) is 5.92 Å². The fourth-order valence-electron chi connectivity index (χ4n) is 1.33. The van der Waals surface area contributed by atoms with E-state index >= 15 is 0 Å². The molecule has 0 unspecified atom stereocenters. The fraction of sp³-hybridized carbons (Fsp3) is 0.462. The minimum Gasteiger partial charge on any atom is -0.508 e. The molecule has 0 aliphatic rings. The number of nitrogens with two attached hydrogens (primary N) is 1. The Balaban J connectivity index is 2.45. The van der Waals surface area contributed by atoms with E-state index in [4.69, 9.17) is 15.6 Å². The van der Waals surface area contributed by atoms with Crippen molar-refractivity contribution in [3.8, 4) is 5.75 Å². The summed E-state index contributed by atoms with van der Waals surface area (Å²) in [7, 11) is 0. The molecule has 0 amide bonds. The number of rotatable bonds is 5. The fourth-order valence-corrected chi connectivity index (χ4v) is 1.33. The molecule has 3 N–H and O–H groups in total. The van der Waals surface area contributed by atoms with Gasteiger partial charge in [0, 0.05) is 0 Å². The van der Waals surface area contributed by atoms with Gasteiger partial charge in [0.15, 0.2) is 0 Å². The molecule has 0 aliphatic heterocycles. The van der Waals surface area contributed by atoms with Gasteiger partial charge in [0.1, 0.15) is 18.4 Å². The minimum absolute atomic E-state index is 0.113. The maximum atomic E-state index is 11.6. The van der Waals surface area contributed by atoms with Crippen LogP contribution in [-0.2, 0) is 16.1 Å². The second kappa shape index (κ2) is 6.25. The zero-order chi connectivity index (χ0) is 12.8. The van der Waals surface area contributed by atoms with Crippen molar-refractivity contribution in [2.75, 3.05) is 0 Å². The number of aromatic hydroxyl groups is 1. The third-order valence-electron chi connectivity index (χ3n) is 2.85. The largest absolute Gasteiger partial charge is 0.508 e. The van der Waals surface area contributed by atoms with E-state index in [1.54, 1.807) is 24.3 Å². The van der Waals surface area contributed by atoms with Gasteiger partial charge in [0.2, 0.25) is 0 Å². The van der Waals surface area contributed by atoms with Crippen molar-refractivity contribution < 1.29 is 14.6 Å². The van der Waals surface area contributed by atoms with Gasteiger partial charge in [-0.3, -0.25) is 4.79 Å². The van der Waals surface area contributed by atoms with Gasteiger partial charge in [-0.2, -0.15) is 0 Å². The van der Waals surface area contributed by atoms with Crippen molar-refractivity contribution in [1.29, 1.82) is 0 Å². The van der Waals surface area contributed by atoms with Crippen LogP contribution in [0.1, 0.15) is 25.8 Å². The number of hydrogen-bond donors (Lipinski definition) is 2. The van der Waals surface area contributed by atoms with Crippen LogP contribution < -0.4 is 5.73 Å². The van der Waals surface area contributed by atoms with Crippen molar-refractivity contribution in [2.45, 2.75) is 32.9 Å². The highest BCUT2D eigenvalue weighted by Crippen LogP contribution is 2.12. The Hall–Kier alpha value is -1.55. The van der Waals surface area contributed by atoms with Crippen LogP contribution in [-0.4, -0.2) is 17.1 Å². The van der Waals surface area contributed by atoms with Crippen LogP contribution in [0.3, 0.4) is 0 Å². The molecule has 0 fully saturated rings. The zero-order valence-electron chi connectivity index (χ0n) is 10.2. The molecule has 94 valence electrons. The first-order valence-electron chi connectivity index (χ1n) is 5.74. The quantitative estimate of drug-likeness (QED) is 0.766. The summed E-state index contributed by atoms with van der Waals surface area (Å²) in [6, 6.07) is 5.95. The number of carbonyl (C=O) groups is 1. The Bertz CT molecular complexity index is 361. The molecule has 0 aliphatic carbocycles. The molecule has 4 nitrogen and oxygen atoms in total. The summed E-state index contributed by atoms with van der Waals surface area (Å²) in [4.78, 5) is 11.6. The number of phenolic OH excluding ortho intramolecular Hbond substituents is 1. The Morgan fingerprint density at radius 2 is 2.00 bits per heavy atom. The maximum Gasteiger partial charge on any atom is 0.323 e. The van der Waals surface area contributed by atoms with Gasteiger partial charge < -0.3 is 15.6 Å². The Kier molecular flexibility index (Phi) is 4.97. The van der Waals surface area contributed by atoms with Gasteiger partial charge in [0.05, 0.1) is 0 Å². The minimum atomic E-state index is -0.572. The highest BCUT2D eigenvalue weighted by Gasteiger charge is 2.20. The summed E-state index contributed by atoms with van der Waals surface area (Å²) >= 11 is 0. The van der Waals surface area contributed by atoms with E-state index < -0.39 is 6.04 Å². The van der Waals surface area contributed by atoms with Crippen LogP contribution in [0.4, 0.5) is 0 Å². The van der Waals surface area contributed by atoms with E-state index in [-0.39, 0.29) is 24.2 Å². The Morgan fingerprint density at radius 1 is 1.41 bits per heavy atom. The number of benzene rings is 1. The van der Waals surface area contributed by atoms with Crippen molar-refractivity contribution in [3.63, 3.8) is 0 Å². The first kappa shape index (κ1) is 13.5. The highest BCUT2D eigenvalue weighted by atomic mass is 16.5. The topological polar surface area (TPSA) is 72.6 Å². The molecule has 0 bridgehead atoms. The van der Waals surface area contributed by atoms with Crippen LogP contribution in [0.15, 0.2) is 24.3 Å². The second-order valence-corrected chi connectivity index (χ2v) is 4.19. The van der Waals surface area contributed by atoms with Gasteiger partial charge in [-0.05, 0) is 23.6 Å². The third-order valence-corrected chi connectivity index (χ3v) is 2.85. The number of carbonyl (C=O) groups excluding carboxylic acids is 1. The molecule has 1 rings (SSSR count). The normalized spacial score (nSPS) is 14.1. The Morgan fingerprint density at radius 3 is 2.53 bits per heavy atom. The monoisotopic (exact) mass is 237 g/mol. The number of ether oxygens (including phenoxy) is 1. The molecular weight excluding hydrogens is 218 g/mol. The summed E-state index contributed by atoms with van der Waals surface area (Å²) in [6.45, 7) is 4.09. The molecule has 0 heterocycles. The molecule has 0 saturated heterocycles. The number of hydrogen-bond acceptors (Lipinski definition) is 4. The summed E-state index contributed by atoms with van der Waals surface area (Å²) in [5, 5.41) is 9.10. The van der Waals surface area contributed by atoms with Crippen molar-refractivity contribution in [2.24, 2.45) is 11.7 Å². The molecule has 1 aromatic carbocycles.